The molecule has 10 heteroatoms. The quantitative estimate of drug-likeness (QED) is 0.510. The van der Waals surface area contributed by atoms with Crippen molar-refractivity contribution in [1.29, 1.82) is 0 Å². The van der Waals surface area contributed by atoms with Gasteiger partial charge in [-0.05, 0) is 72.0 Å². The minimum Gasteiger partial charge on any atom is -0.437 e. The van der Waals surface area contributed by atoms with E-state index >= 15 is 0 Å². The second-order valence-corrected chi connectivity index (χ2v) is 26.2. The third-order valence-corrected chi connectivity index (χ3v) is 16.9. The largest absolute Gasteiger partial charge is 0.437 e. The van der Waals surface area contributed by atoms with Crippen LogP contribution in [0.15, 0.2) is 0 Å². The van der Waals surface area contributed by atoms with Gasteiger partial charge in [0.05, 0.1) is 0 Å². The van der Waals surface area contributed by atoms with E-state index in [0.717, 1.165) is 0 Å². The van der Waals surface area contributed by atoms with Gasteiger partial charge in [-0.1, -0.05) is 0 Å². The van der Waals surface area contributed by atoms with E-state index in [1.165, 1.54) is 0 Å². The maximum atomic E-state index is 6.32. The van der Waals surface area contributed by atoms with Gasteiger partial charge in [0.1, 0.15) is 0 Å². The first-order valence-corrected chi connectivity index (χ1v) is 21.4. The summed E-state index contributed by atoms with van der Waals surface area (Å²) in [5.74, 6) is 0. The van der Waals surface area contributed by atoms with Crippen molar-refractivity contribution in [2.75, 3.05) is 0 Å². The van der Waals surface area contributed by atoms with Crippen molar-refractivity contribution in [2.45, 2.75) is 72.0 Å². The minimum atomic E-state index is -2.20. The molecule has 124 valence electrons. The van der Waals surface area contributed by atoms with Crippen molar-refractivity contribution in [3.63, 3.8) is 0 Å². The van der Waals surface area contributed by atoms with Crippen LogP contribution >= 0.6 is 0 Å². The molecule has 0 bridgehead atoms. The standard InChI is InChI=1S/C11H33O4Si5.Y/c1-16(12-17(2,3)4)13-19(8,9)15-20(10,11)14-18(5,6)7;/h1-11H3;. The predicted octanol–water partition coefficient (Wildman–Crippen LogP) is 4.24. The normalized spacial score (nSPS) is 14.3. The molecule has 0 saturated heterocycles. The van der Waals surface area contributed by atoms with Gasteiger partial charge >= 0.3 is 26.4 Å². The molecule has 0 aromatic heterocycles. The zero-order valence-corrected chi connectivity index (χ0v) is 23.5. The zero-order valence-electron chi connectivity index (χ0n) is 15.7. The van der Waals surface area contributed by atoms with Crippen LogP contribution in [0.4, 0.5) is 0 Å². The molecule has 0 aromatic carbocycles. The SMILES string of the molecule is C[Si](O[Si](C)(C)C)O[Si](C)(C)O[Si](C)(C)O[Si](C)(C)C.[Y]. The Morgan fingerprint density at radius 3 is 1.33 bits per heavy atom. The summed E-state index contributed by atoms with van der Waals surface area (Å²) in [4.78, 5) is 0. The molecule has 2 radical (unpaired) electrons. The van der Waals surface area contributed by atoms with Gasteiger partial charge in [0.2, 0.25) is 0 Å². The predicted molar refractivity (Wildman–Crippen MR) is 97.6 cm³/mol. The van der Waals surface area contributed by atoms with E-state index in [1.54, 1.807) is 0 Å². The Kier molecular flexibility index (Phi) is 10.7. The Hall–Kier alpha value is 2.03. The molecule has 0 aliphatic carbocycles. The summed E-state index contributed by atoms with van der Waals surface area (Å²) in [6, 6.07) is 0. The van der Waals surface area contributed by atoms with Gasteiger partial charge < -0.3 is 16.5 Å². The number of rotatable bonds is 8. The van der Waals surface area contributed by atoms with Crippen molar-refractivity contribution >= 4 is 43.0 Å². The third kappa shape index (κ3) is 15.3. The molecule has 0 atom stereocenters. The second kappa shape index (κ2) is 8.93. The van der Waals surface area contributed by atoms with Crippen LogP contribution in [0.25, 0.3) is 0 Å². The molecule has 0 N–H and O–H groups in total. The van der Waals surface area contributed by atoms with E-state index in [9.17, 15) is 0 Å². The fraction of sp³-hybridized carbons (Fsp3) is 1.00. The zero-order chi connectivity index (χ0) is 16.4. The maximum absolute atomic E-state index is 6.32. The van der Waals surface area contributed by atoms with Crippen LogP contribution in [0, 0.1) is 0 Å². The van der Waals surface area contributed by atoms with Crippen LogP contribution < -0.4 is 0 Å². The average Bonchev–Trinajstić information content (AvgIpc) is 1.86. The summed E-state index contributed by atoms with van der Waals surface area (Å²) in [7, 11) is -8.70. The van der Waals surface area contributed by atoms with Gasteiger partial charge in [-0.15, -0.1) is 0 Å². The fourth-order valence-electron chi connectivity index (χ4n) is 2.17. The molecule has 0 rings (SSSR count). The van der Waals surface area contributed by atoms with Crippen molar-refractivity contribution in [1.82, 2.24) is 0 Å². The second-order valence-electron chi connectivity index (χ2n) is 7.92. The molecule has 0 saturated carbocycles. The van der Waals surface area contributed by atoms with Gasteiger partial charge in [-0.2, -0.15) is 0 Å². The Morgan fingerprint density at radius 1 is 0.571 bits per heavy atom. The number of hydrogen-bond donors (Lipinski definition) is 0. The first-order valence-electron chi connectivity index (χ1n) is 7.13. The van der Waals surface area contributed by atoms with Crippen LogP contribution in [0.2, 0.25) is 72.0 Å². The molecule has 0 aromatic rings. The summed E-state index contributed by atoms with van der Waals surface area (Å²) in [5, 5.41) is 0. The van der Waals surface area contributed by atoms with Crippen molar-refractivity contribution in [3.8, 4) is 0 Å². The van der Waals surface area contributed by atoms with Crippen LogP contribution in [0.3, 0.4) is 0 Å². The van der Waals surface area contributed by atoms with E-state index < -0.39 is 43.0 Å². The molecular formula is C11H33O4Si5Y. The third-order valence-electron chi connectivity index (χ3n) is 1.88. The van der Waals surface area contributed by atoms with Crippen molar-refractivity contribution < 1.29 is 49.2 Å². The molecule has 0 unspecified atom stereocenters. The van der Waals surface area contributed by atoms with Crippen LogP contribution in [0.1, 0.15) is 0 Å². The van der Waals surface area contributed by atoms with E-state index in [1.807, 2.05) is 0 Å². The Balaban J connectivity index is 0. The molecule has 0 fully saturated rings. The van der Waals surface area contributed by atoms with Gasteiger partial charge in [-0.3, -0.25) is 0 Å². The summed E-state index contributed by atoms with van der Waals surface area (Å²) < 4.78 is 24.8. The smallest absolute Gasteiger partial charge is 0.360 e. The molecule has 0 aliphatic heterocycles. The Morgan fingerprint density at radius 2 is 1.00 bits per heavy atom. The molecule has 0 amide bonds. The Bertz CT molecular complexity index is 315. The summed E-state index contributed by atoms with van der Waals surface area (Å²) >= 11 is 0. The minimum absolute atomic E-state index is 0. The monoisotopic (exact) mass is 458 g/mol. The van der Waals surface area contributed by atoms with Crippen molar-refractivity contribution in [2.24, 2.45) is 0 Å². The molecule has 21 heavy (non-hydrogen) atoms. The first-order chi connectivity index (χ1) is 8.52. The first kappa shape index (κ1) is 25.3. The van der Waals surface area contributed by atoms with E-state index in [2.05, 4.69) is 72.0 Å². The molecule has 0 spiro atoms. The van der Waals surface area contributed by atoms with Crippen LogP contribution in [-0.4, -0.2) is 43.0 Å². The van der Waals surface area contributed by atoms with Crippen LogP contribution in [-0.2, 0) is 49.2 Å². The van der Waals surface area contributed by atoms with E-state index in [-0.39, 0.29) is 32.7 Å². The molecule has 0 heterocycles. The van der Waals surface area contributed by atoms with E-state index in [0.29, 0.717) is 0 Å². The maximum Gasteiger partial charge on any atom is 0.360 e. The Labute approximate surface area is 163 Å². The fourth-order valence-corrected chi connectivity index (χ4v) is 20.6. The topological polar surface area (TPSA) is 36.9 Å². The van der Waals surface area contributed by atoms with Gasteiger partial charge in [0, 0.05) is 32.7 Å². The molecule has 0 aliphatic rings. The van der Waals surface area contributed by atoms with Gasteiger partial charge in [0.25, 0.3) is 0 Å². The van der Waals surface area contributed by atoms with Crippen LogP contribution in [0.5, 0.6) is 0 Å². The van der Waals surface area contributed by atoms with Gasteiger partial charge in [0.15, 0.2) is 16.6 Å². The summed E-state index contributed by atoms with van der Waals surface area (Å²) in [6.07, 6.45) is 0. The molecular weight excluding hydrogens is 425 g/mol. The van der Waals surface area contributed by atoms with E-state index in [4.69, 9.17) is 16.5 Å². The van der Waals surface area contributed by atoms with Gasteiger partial charge in [-0.25, -0.2) is 0 Å². The average molecular weight is 459 g/mol. The summed E-state index contributed by atoms with van der Waals surface area (Å²) in [5.41, 5.74) is 0. The summed E-state index contributed by atoms with van der Waals surface area (Å²) in [6.45, 7) is 23.6. The molecule has 4 nitrogen and oxygen atoms in total. The van der Waals surface area contributed by atoms with Crippen molar-refractivity contribution in [3.05, 3.63) is 0 Å². The number of hydrogen-bond acceptors (Lipinski definition) is 4.